The summed E-state index contributed by atoms with van der Waals surface area (Å²) in [5.74, 6) is 0.0423. The molecular formula is C15H20N2O2. The lowest BCUT2D eigenvalue weighted by atomic mass is 10.00. The average molecular weight is 260 g/mol. The molecule has 0 radical (unpaired) electrons. The minimum atomic E-state index is -0.0747. The van der Waals surface area contributed by atoms with Crippen LogP contribution < -0.4 is 10.6 Å². The molecule has 2 N–H and O–H groups in total. The summed E-state index contributed by atoms with van der Waals surface area (Å²) in [6, 6.07) is 8.20. The highest BCUT2D eigenvalue weighted by Gasteiger charge is 2.33. The van der Waals surface area contributed by atoms with Gasteiger partial charge in [0.05, 0.1) is 18.1 Å². The SMILES string of the molecule is COC1CCCC1NC(=O)C1CNc2ccccc21. The first-order valence-electron chi connectivity index (χ1n) is 6.95. The molecule has 19 heavy (non-hydrogen) atoms. The lowest BCUT2D eigenvalue weighted by molar-refractivity contribution is -0.123. The molecular weight excluding hydrogens is 240 g/mol. The molecule has 3 rings (SSSR count). The molecule has 0 spiro atoms. The summed E-state index contributed by atoms with van der Waals surface area (Å²) < 4.78 is 5.43. The van der Waals surface area contributed by atoms with Gasteiger partial charge in [0.1, 0.15) is 0 Å². The van der Waals surface area contributed by atoms with E-state index in [-0.39, 0.29) is 24.0 Å². The summed E-state index contributed by atoms with van der Waals surface area (Å²) >= 11 is 0. The Morgan fingerprint density at radius 3 is 3.05 bits per heavy atom. The van der Waals surface area contributed by atoms with Crippen molar-refractivity contribution in [3.05, 3.63) is 29.8 Å². The normalized spacial score (nSPS) is 28.8. The Morgan fingerprint density at radius 1 is 1.37 bits per heavy atom. The van der Waals surface area contributed by atoms with E-state index in [4.69, 9.17) is 4.74 Å². The van der Waals surface area contributed by atoms with Crippen LogP contribution in [0.15, 0.2) is 24.3 Å². The molecule has 1 aliphatic carbocycles. The number of hydrogen-bond acceptors (Lipinski definition) is 3. The minimum Gasteiger partial charge on any atom is -0.384 e. The summed E-state index contributed by atoms with van der Waals surface area (Å²) in [4.78, 5) is 12.4. The van der Waals surface area contributed by atoms with E-state index in [2.05, 4.69) is 10.6 Å². The maximum absolute atomic E-state index is 12.4. The van der Waals surface area contributed by atoms with Gasteiger partial charge in [0.15, 0.2) is 0 Å². The number of ether oxygens (including phenoxy) is 1. The van der Waals surface area contributed by atoms with Gasteiger partial charge in [0.25, 0.3) is 0 Å². The number of benzene rings is 1. The van der Waals surface area contributed by atoms with Crippen molar-refractivity contribution in [1.82, 2.24) is 5.32 Å². The standard InChI is InChI=1S/C15H20N2O2/c1-19-14-8-4-7-13(14)17-15(18)11-9-16-12-6-3-2-5-10(11)12/h2-3,5-6,11,13-14,16H,4,7-9H2,1H3,(H,17,18). The van der Waals surface area contributed by atoms with Crippen LogP contribution in [0.5, 0.6) is 0 Å². The first kappa shape index (κ1) is 12.5. The first-order chi connectivity index (χ1) is 9.29. The van der Waals surface area contributed by atoms with Crippen LogP contribution in [0.1, 0.15) is 30.7 Å². The Balaban J connectivity index is 1.69. The number of carbonyl (C=O) groups excluding carboxylic acids is 1. The fourth-order valence-corrected chi connectivity index (χ4v) is 3.17. The predicted molar refractivity (Wildman–Crippen MR) is 74.3 cm³/mol. The van der Waals surface area contributed by atoms with E-state index in [9.17, 15) is 4.79 Å². The van der Waals surface area contributed by atoms with Gasteiger partial charge in [-0.05, 0) is 30.9 Å². The summed E-state index contributed by atoms with van der Waals surface area (Å²) in [5, 5.41) is 6.45. The van der Waals surface area contributed by atoms with Crippen molar-refractivity contribution in [3.63, 3.8) is 0 Å². The second-order valence-corrected chi connectivity index (χ2v) is 5.34. The predicted octanol–water partition coefficient (Wildman–Crippen LogP) is 1.88. The monoisotopic (exact) mass is 260 g/mol. The van der Waals surface area contributed by atoms with Crippen molar-refractivity contribution < 1.29 is 9.53 Å². The molecule has 0 bridgehead atoms. The Bertz CT molecular complexity index is 475. The van der Waals surface area contributed by atoms with Crippen LogP contribution in [0, 0.1) is 0 Å². The van der Waals surface area contributed by atoms with Crippen LogP contribution >= 0.6 is 0 Å². The third kappa shape index (κ3) is 2.32. The van der Waals surface area contributed by atoms with E-state index in [0.717, 1.165) is 30.5 Å². The van der Waals surface area contributed by atoms with Gasteiger partial charge in [-0.25, -0.2) is 0 Å². The van der Waals surface area contributed by atoms with E-state index >= 15 is 0 Å². The van der Waals surface area contributed by atoms with E-state index in [1.807, 2.05) is 24.3 Å². The molecule has 0 saturated heterocycles. The molecule has 1 amide bonds. The Morgan fingerprint density at radius 2 is 2.21 bits per heavy atom. The zero-order valence-electron chi connectivity index (χ0n) is 11.2. The molecule has 2 aliphatic rings. The highest BCUT2D eigenvalue weighted by Crippen LogP contribution is 2.31. The number of hydrogen-bond donors (Lipinski definition) is 2. The van der Waals surface area contributed by atoms with Crippen molar-refractivity contribution in [2.24, 2.45) is 0 Å². The van der Waals surface area contributed by atoms with Gasteiger partial charge in [-0.2, -0.15) is 0 Å². The zero-order valence-corrected chi connectivity index (χ0v) is 11.2. The van der Waals surface area contributed by atoms with Crippen LogP contribution in [0.3, 0.4) is 0 Å². The number of methoxy groups -OCH3 is 1. The van der Waals surface area contributed by atoms with Gasteiger partial charge in [-0.3, -0.25) is 4.79 Å². The second-order valence-electron chi connectivity index (χ2n) is 5.34. The fourth-order valence-electron chi connectivity index (χ4n) is 3.17. The zero-order chi connectivity index (χ0) is 13.2. The van der Waals surface area contributed by atoms with Gasteiger partial charge < -0.3 is 15.4 Å². The molecule has 3 atom stereocenters. The van der Waals surface area contributed by atoms with Gasteiger partial charge in [-0.15, -0.1) is 0 Å². The van der Waals surface area contributed by atoms with Gasteiger partial charge in [0, 0.05) is 19.3 Å². The van der Waals surface area contributed by atoms with Crippen LogP contribution in [0.4, 0.5) is 5.69 Å². The van der Waals surface area contributed by atoms with Gasteiger partial charge in [-0.1, -0.05) is 18.2 Å². The van der Waals surface area contributed by atoms with Crippen LogP contribution in [-0.4, -0.2) is 31.7 Å². The van der Waals surface area contributed by atoms with Crippen molar-refractivity contribution in [2.45, 2.75) is 37.3 Å². The molecule has 1 fully saturated rings. The lowest BCUT2D eigenvalue weighted by Crippen LogP contribution is -2.43. The highest BCUT2D eigenvalue weighted by molar-refractivity contribution is 5.88. The maximum Gasteiger partial charge on any atom is 0.229 e. The maximum atomic E-state index is 12.4. The van der Waals surface area contributed by atoms with E-state index in [0.29, 0.717) is 6.54 Å². The minimum absolute atomic E-state index is 0.0747. The molecule has 0 aromatic heterocycles. The average Bonchev–Trinajstić information content (AvgIpc) is 3.04. The fraction of sp³-hybridized carbons (Fsp3) is 0.533. The third-order valence-corrected chi connectivity index (χ3v) is 4.23. The van der Waals surface area contributed by atoms with Gasteiger partial charge >= 0.3 is 0 Å². The van der Waals surface area contributed by atoms with E-state index in [1.165, 1.54) is 0 Å². The Hall–Kier alpha value is -1.55. The van der Waals surface area contributed by atoms with Crippen LogP contribution in [0.25, 0.3) is 0 Å². The molecule has 1 aromatic rings. The van der Waals surface area contributed by atoms with Crippen molar-refractivity contribution in [1.29, 1.82) is 0 Å². The van der Waals surface area contributed by atoms with Crippen LogP contribution in [0.2, 0.25) is 0 Å². The number of nitrogens with one attached hydrogen (secondary N) is 2. The Labute approximate surface area is 113 Å². The van der Waals surface area contributed by atoms with E-state index < -0.39 is 0 Å². The summed E-state index contributed by atoms with van der Waals surface area (Å²) in [5.41, 5.74) is 2.18. The van der Waals surface area contributed by atoms with Crippen LogP contribution in [-0.2, 0) is 9.53 Å². The Kier molecular flexibility index (Phi) is 3.42. The smallest absolute Gasteiger partial charge is 0.229 e. The summed E-state index contributed by atoms with van der Waals surface area (Å²) in [6.07, 6.45) is 3.37. The molecule has 1 aromatic carbocycles. The molecule has 1 aliphatic heterocycles. The topological polar surface area (TPSA) is 50.4 Å². The lowest BCUT2D eigenvalue weighted by Gasteiger charge is -2.21. The third-order valence-electron chi connectivity index (χ3n) is 4.23. The molecule has 4 heteroatoms. The van der Waals surface area contributed by atoms with Crippen molar-refractivity contribution >= 4 is 11.6 Å². The second kappa shape index (κ2) is 5.21. The first-order valence-corrected chi connectivity index (χ1v) is 6.95. The van der Waals surface area contributed by atoms with E-state index in [1.54, 1.807) is 7.11 Å². The van der Waals surface area contributed by atoms with Gasteiger partial charge in [0.2, 0.25) is 5.91 Å². The number of anilines is 1. The molecule has 3 unspecified atom stereocenters. The van der Waals surface area contributed by atoms with Crippen molar-refractivity contribution in [2.75, 3.05) is 19.0 Å². The highest BCUT2D eigenvalue weighted by atomic mass is 16.5. The number of fused-ring (bicyclic) bond motifs is 1. The number of carbonyl (C=O) groups is 1. The number of amides is 1. The molecule has 102 valence electrons. The summed E-state index contributed by atoms with van der Waals surface area (Å²) in [6.45, 7) is 0.690. The number of para-hydroxylation sites is 1. The quantitative estimate of drug-likeness (QED) is 0.872. The number of rotatable bonds is 3. The molecule has 4 nitrogen and oxygen atoms in total. The summed E-state index contributed by atoms with van der Waals surface area (Å²) in [7, 11) is 1.72. The molecule has 1 saturated carbocycles. The van der Waals surface area contributed by atoms with Crippen molar-refractivity contribution in [3.8, 4) is 0 Å². The molecule has 1 heterocycles. The largest absolute Gasteiger partial charge is 0.384 e.